The van der Waals surface area contributed by atoms with E-state index in [1.54, 1.807) is 0 Å². The van der Waals surface area contributed by atoms with Crippen molar-refractivity contribution < 1.29 is 17.9 Å². The van der Waals surface area contributed by atoms with Gasteiger partial charge in [0.1, 0.15) is 16.7 Å². The third kappa shape index (κ3) is 4.57. The normalized spacial score (nSPS) is 11.5. The summed E-state index contributed by atoms with van der Waals surface area (Å²) in [5.41, 5.74) is 2.90. The molecule has 2 heterocycles. The van der Waals surface area contributed by atoms with Crippen molar-refractivity contribution in [3.63, 3.8) is 0 Å². The van der Waals surface area contributed by atoms with E-state index >= 15 is 0 Å². The van der Waals surface area contributed by atoms with Gasteiger partial charge in [0.2, 0.25) is 5.75 Å². The van der Waals surface area contributed by atoms with E-state index in [9.17, 15) is 22.8 Å². The number of nitrogens with one attached hydrogen (secondary N) is 1. The second-order valence-corrected chi connectivity index (χ2v) is 6.50. The molecule has 0 spiro atoms. The number of anilines is 1. The summed E-state index contributed by atoms with van der Waals surface area (Å²) < 4.78 is 47.6. The fourth-order valence-electron chi connectivity index (χ4n) is 2.47. The Morgan fingerprint density at radius 1 is 1.28 bits per heavy atom. The largest absolute Gasteiger partial charge is 0.449 e. The van der Waals surface area contributed by atoms with Gasteiger partial charge in [0, 0.05) is 30.3 Å². The molecule has 152 valence electrons. The Kier molecular flexibility index (Phi) is 5.33. The highest BCUT2D eigenvalue weighted by Gasteiger charge is 2.33. The molecule has 0 saturated carbocycles. The quantitative estimate of drug-likeness (QED) is 0.605. The molecule has 0 unspecified atom stereocenters. The minimum Gasteiger partial charge on any atom is -0.449 e. The number of aromatic nitrogens is 4. The van der Waals surface area contributed by atoms with Crippen LogP contribution in [0.25, 0.3) is 0 Å². The van der Waals surface area contributed by atoms with E-state index in [1.807, 2.05) is 0 Å². The number of ether oxygens (including phenoxy) is 1. The molecule has 3 rings (SSSR count). The summed E-state index contributed by atoms with van der Waals surface area (Å²) in [5.74, 6) is -5.42. The van der Waals surface area contributed by atoms with Crippen LogP contribution in [0.3, 0.4) is 0 Å². The van der Waals surface area contributed by atoms with E-state index in [4.69, 9.17) is 22.1 Å². The molecule has 3 aromatic rings. The van der Waals surface area contributed by atoms with E-state index in [1.165, 1.54) is 6.07 Å². The monoisotopic (exact) mass is 427 g/mol. The molecule has 0 aliphatic carbocycles. The first-order valence-electron chi connectivity index (χ1n) is 8.00. The summed E-state index contributed by atoms with van der Waals surface area (Å²) in [5, 5.41) is 5.59. The number of halogens is 4. The molecule has 8 nitrogen and oxygen atoms in total. The molecule has 29 heavy (non-hydrogen) atoms. The fourth-order valence-corrected chi connectivity index (χ4v) is 2.64. The average molecular weight is 428 g/mol. The van der Waals surface area contributed by atoms with Gasteiger partial charge < -0.3 is 10.5 Å². The molecule has 0 saturated heterocycles. The third-order valence-corrected chi connectivity index (χ3v) is 3.91. The standard InChI is InChI=1S/C17H13ClF3N5O3/c1-17(20,21)14-13(29-11-4-9(19)3-10(22)5-11)16(28)26(7-23-14)6-8-2-12(18)24-25-15(8)27/h2-5,7H,6,22H2,1H3,(H,25,27). The minimum atomic E-state index is -3.54. The molecular formula is C17H13ClF3N5O3. The first-order valence-corrected chi connectivity index (χ1v) is 8.38. The van der Waals surface area contributed by atoms with E-state index in [-0.39, 0.29) is 28.7 Å². The van der Waals surface area contributed by atoms with Crippen LogP contribution in [-0.2, 0) is 12.5 Å². The summed E-state index contributed by atoms with van der Waals surface area (Å²) >= 11 is 5.72. The lowest BCUT2D eigenvalue weighted by atomic mass is 10.2. The Hall–Kier alpha value is -3.34. The lowest BCUT2D eigenvalue weighted by molar-refractivity contribution is 0.0101. The topological polar surface area (TPSA) is 116 Å². The van der Waals surface area contributed by atoms with Crippen LogP contribution in [0.15, 0.2) is 40.2 Å². The Bertz CT molecular complexity index is 1170. The fraction of sp³-hybridized carbons (Fsp3) is 0.176. The van der Waals surface area contributed by atoms with Crippen LogP contribution in [0.1, 0.15) is 18.2 Å². The molecule has 0 fully saturated rings. The number of benzene rings is 1. The molecular weight excluding hydrogens is 415 g/mol. The zero-order chi connectivity index (χ0) is 21.3. The van der Waals surface area contributed by atoms with Gasteiger partial charge in [-0.25, -0.2) is 14.5 Å². The maximum atomic E-state index is 14.0. The maximum Gasteiger partial charge on any atom is 0.297 e. The van der Waals surface area contributed by atoms with Gasteiger partial charge in [-0.1, -0.05) is 11.6 Å². The Morgan fingerprint density at radius 2 is 2.00 bits per heavy atom. The van der Waals surface area contributed by atoms with Crippen molar-refractivity contribution >= 4 is 17.3 Å². The second-order valence-electron chi connectivity index (χ2n) is 6.11. The first kappa shape index (κ1) is 20.4. The van der Waals surface area contributed by atoms with Crippen LogP contribution < -0.4 is 21.6 Å². The van der Waals surface area contributed by atoms with Crippen LogP contribution in [0.4, 0.5) is 18.9 Å². The van der Waals surface area contributed by atoms with Crippen LogP contribution >= 0.6 is 11.6 Å². The number of nitrogen functional groups attached to an aromatic ring is 1. The highest BCUT2D eigenvalue weighted by Crippen LogP contribution is 2.33. The Morgan fingerprint density at radius 3 is 2.66 bits per heavy atom. The number of alkyl halides is 2. The molecule has 0 amide bonds. The van der Waals surface area contributed by atoms with Crippen molar-refractivity contribution in [2.45, 2.75) is 19.4 Å². The molecule has 12 heteroatoms. The number of nitrogens with two attached hydrogens (primary N) is 1. The summed E-state index contributed by atoms with van der Waals surface area (Å²) in [6.45, 7) is 0.180. The van der Waals surface area contributed by atoms with Crippen LogP contribution in [0, 0.1) is 5.82 Å². The molecule has 3 N–H and O–H groups in total. The zero-order valence-corrected chi connectivity index (χ0v) is 15.5. The van der Waals surface area contributed by atoms with Gasteiger partial charge in [0.25, 0.3) is 17.0 Å². The molecule has 0 atom stereocenters. The molecule has 0 aliphatic heterocycles. The number of rotatable bonds is 5. The van der Waals surface area contributed by atoms with E-state index in [0.717, 1.165) is 29.1 Å². The molecule has 0 bridgehead atoms. The van der Waals surface area contributed by atoms with Gasteiger partial charge in [-0.05, 0) is 12.1 Å². The molecule has 1 aromatic carbocycles. The van der Waals surface area contributed by atoms with Crippen molar-refractivity contribution in [2.75, 3.05) is 5.73 Å². The van der Waals surface area contributed by atoms with Crippen molar-refractivity contribution in [2.24, 2.45) is 0 Å². The molecule has 2 aromatic heterocycles. The highest BCUT2D eigenvalue weighted by molar-refractivity contribution is 6.29. The SMILES string of the molecule is CC(F)(F)c1ncn(Cc2cc(Cl)n[nH]c2=O)c(=O)c1Oc1cc(N)cc(F)c1. The van der Waals surface area contributed by atoms with Crippen LogP contribution in [-0.4, -0.2) is 19.7 Å². The van der Waals surface area contributed by atoms with E-state index in [0.29, 0.717) is 6.92 Å². The van der Waals surface area contributed by atoms with Gasteiger partial charge in [-0.15, -0.1) is 0 Å². The van der Waals surface area contributed by atoms with Crippen molar-refractivity contribution in [1.82, 2.24) is 19.7 Å². The summed E-state index contributed by atoms with van der Waals surface area (Å²) in [6, 6.07) is 4.23. The summed E-state index contributed by atoms with van der Waals surface area (Å²) in [4.78, 5) is 28.2. The molecule has 0 aliphatic rings. The van der Waals surface area contributed by atoms with Crippen LogP contribution in [0.5, 0.6) is 11.5 Å². The Balaban J connectivity index is 2.11. The number of aromatic amines is 1. The molecule has 0 radical (unpaired) electrons. The lowest BCUT2D eigenvalue weighted by Gasteiger charge is -2.16. The van der Waals surface area contributed by atoms with Crippen LogP contribution in [0.2, 0.25) is 5.15 Å². The van der Waals surface area contributed by atoms with E-state index < -0.39 is 34.3 Å². The van der Waals surface area contributed by atoms with Gasteiger partial charge in [0.15, 0.2) is 5.69 Å². The third-order valence-electron chi connectivity index (χ3n) is 3.72. The number of H-pyrrole nitrogens is 1. The number of hydrogen-bond acceptors (Lipinski definition) is 6. The smallest absolute Gasteiger partial charge is 0.297 e. The lowest BCUT2D eigenvalue weighted by Crippen LogP contribution is -2.29. The van der Waals surface area contributed by atoms with Crippen molar-refractivity contribution in [3.8, 4) is 11.5 Å². The number of hydrogen-bond donors (Lipinski definition) is 2. The average Bonchev–Trinajstić information content (AvgIpc) is 2.59. The zero-order valence-electron chi connectivity index (χ0n) is 14.7. The van der Waals surface area contributed by atoms with Crippen molar-refractivity contribution in [1.29, 1.82) is 0 Å². The van der Waals surface area contributed by atoms with Gasteiger partial charge in [-0.3, -0.25) is 14.2 Å². The summed E-state index contributed by atoms with van der Waals surface area (Å²) in [6.07, 6.45) is 0.843. The minimum absolute atomic E-state index is 0.0332. The maximum absolute atomic E-state index is 14.0. The van der Waals surface area contributed by atoms with E-state index in [2.05, 4.69) is 15.2 Å². The highest BCUT2D eigenvalue weighted by atomic mass is 35.5. The van der Waals surface area contributed by atoms with Gasteiger partial charge in [-0.2, -0.15) is 13.9 Å². The second kappa shape index (κ2) is 7.59. The summed E-state index contributed by atoms with van der Waals surface area (Å²) in [7, 11) is 0. The number of nitrogens with zero attached hydrogens (tertiary/aromatic N) is 3. The predicted molar refractivity (Wildman–Crippen MR) is 97.9 cm³/mol. The Labute approximate surface area is 165 Å². The predicted octanol–water partition coefficient (Wildman–Crippen LogP) is 2.65. The van der Waals surface area contributed by atoms with Crippen molar-refractivity contribution in [3.05, 3.63) is 73.5 Å². The first-order chi connectivity index (χ1) is 13.5. The van der Waals surface area contributed by atoms with Gasteiger partial charge >= 0.3 is 0 Å². The van der Waals surface area contributed by atoms with Gasteiger partial charge in [0.05, 0.1) is 12.9 Å².